The Kier molecular flexibility index (Phi) is 5.98. The predicted octanol–water partition coefficient (Wildman–Crippen LogP) is 4.97. The van der Waals surface area contributed by atoms with Crippen LogP contribution in [0.3, 0.4) is 0 Å². The predicted molar refractivity (Wildman–Crippen MR) is 127 cm³/mol. The summed E-state index contributed by atoms with van der Waals surface area (Å²) in [5.41, 5.74) is 3.00. The Morgan fingerprint density at radius 2 is 1.91 bits per heavy atom. The van der Waals surface area contributed by atoms with E-state index in [1.807, 2.05) is 24.3 Å². The molecule has 7 nitrogen and oxygen atoms in total. The van der Waals surface area contributed by atoms with Crippen LogP contribution in [0.2, 0.25) is 0 Å². The second kappa shape index (κ2) is 9.23. The Bertz CT molecular complexity index is 1350. The quantitative estimate of drug-likeness (QED) is 0.439. The Hall–Kier alpha value is -3.78. The fourth-order valence-corrected chi connectivity index (χ4v) is 4.59. The normalized spacial score (nSPS) is 18.1. The highest BCUT2D eigenvalue weighted by Crippen LogP contribution is 2.35. The van der Waals surface area contributed by atoms with Gasteiger partial charge in [0.1, 0.15) is 11.6 Å². The molecule has 2 heterocycles. The number of amides is 1. The number of carbonyl (C=O) groups is 1. The number of halogens is 1. The van der Waals surface area contributed by atoms with Crippen LogP contribution >= 0.6 is 0 Å². The van der Waals surface area contributed by atoms with Crippen molar-refractivity contribution in [2.45, 2.75) is 37.8 Å². The molecular weight excluding hydrogens is 435 g/mol. The van der Waals surface area contributed by atoms with Crippen LogP contribution in [-0.2, 0) is 0 Å². The third-order valence-corrected chi connectivity index (χ3v) is 6.31. The smallest absolute Gasteiger partial charge is 0.258 e. The number of ether oxygens (including phenoxy) is 1. The van der Waals surface area contributed by atoms with E-state index in [2.05, 4.69) is 19.9 Å². The lowest BCUT2D eigenvalue weighted by atomic mass is 9.93. The van der Waals surface area contributed by atoms with Gasteiger partial charge in [0.15, 0.2) is 0 Å². The highest BCUT2D eigenvalue weighted by molar-refractivity contribution is 6.04. The van der Waals surface area contributed by atoms with Gasteiger partial charge in [0.2, 0.25) is 5.95 Å². The van der Waals surface area contributed by atoms with E-state index in [9.17, 15) is 14.3 Å². The average molecular weight is 461 g/mol. The maximum Gasteiger partial charge on any atom is 0.258 e. The van der Waals surface area contributed by atoms with Gasteiger partial charge in [-0.3, -0.25) is 15.1 Å². The van der Waals surface area contributed by atoms with Crippen LogP contribution in [0.25, 0.3) is 22.3 Å². The number of methoxy groups -OCH3 is 1. The molecule has 5 rings (SSSR count). The van der Waals surface area contributed by atoms with E-state index in [1.54, 1.807) is 12.1 Å². The number of nitrogens with zero attached hydrogens (tertiary/aromatic N) is 3. The highest BCUT2D eigenvalue weighted by atomic mass is 19.1. The van der Waals surface area contributed by atoms with E-state index in [0.29, 0.717) is 41.4 Å². The second-order valence-electron chi connectivity index (χ2n) is 8.48. The van der Waals surface area contributed by atoms with Gasteiger partial charge in [0.05, 0.1) is 29.9 Å². The summed E-state index contributed by atoms with van der Waals surface area (Å²) >= 11 is 0. The molecule has 0 saturated heterocycles. The summed E-state index contributed by atoms with van der Waals surface area (Å²) in [5, 5.41) is 12.9. The zero-order chi connectivity index (χ0) is 23.7. The average Bonchev–Trinajstić information content (AvgIpc) is 3.22. The van der Waals surface area contributed by atoms with E-state index in [-0.39, 0.29) is 18.1 Å². The fraction of sp³-hybridized carbons (Fsp3) is 0.269. The maximum atomic E-state index is 13.9. The van der Waals surface area contributed by atoms with Crippen molar-refractivity contribution in [1.29, 1.82) is 0 Å². The lowest BCUT2D eigenvalue weighted by molar-refractivity contribution is 0.102. The molecule has 0 atom stereocenters. The summed E-state index contributed by atoms with van der Waals surface area (Å²) in [7, 11) is 1.50. The zero-order valence-corrected chi connectivity index (χ0v) is 18.7. The van der Waals surface area contributed by atoms with Gasteiger partial charge < -0.3 is 14.4 Å². The molecule has 174 valence electrons. The molecule has 0 unspecified atom stereocenters. The molecule has 4 aromatic rings. The van der Waals surface area contributed by atoms with Crippen molar-refractivity contribution in [2.75, 3.05) is 12.4 Å². The van der Waals surface area contributed by atoms with Crippen LogP contribution in [0.5, 0.6) is 5.75 Å². The number of aliphatic hydroxyl groups is 1. The standard InChI is InChI=1S/C26H25FN4O3/c1-34-24-11-6-17(27)15-20(24)22-14-16(12-13-28-22)25(33)30-26-29-21-4-2-3-5-23(21)31(26)18-7-9-19(32)10-8-18/h2-6,11-15,18-19,32H,7-10H2,1H3,(H,29,30,33). The third-order valence-electron chi connectivity index (χ3n) is 6.31. The highest BCUT2D eigenvalue weighted by Gasteiger charge is 2.25. The van der Waals surface area contributed by atoms with Gasteiger partial charge in [-0.1, -0.05) is 12.1 Å². The number of para-hydroxylation sites is 2. The van der Waals surface area contributed by atoms with Crippen LogP contribution in [0, 0.1) is 5.82 Å². The van der Waals surface area contributed by atoms with Gasteiger partial charge in [-0.05, 0) is 68.1 Å². The Morgan fingerprint density at radius 1 is 1.12 bits per heavy atom. The van der Waals surface area contributed by atoms with Crippen LogP contribution in [0.15, 0.2) is 60.8 Å². The second-order valence-corrected chi connectivity index (χ2v) is 8.48. The molecule has 1 aliphatic carbocycles. The van der Waals surface area contributed by atoms with E-state index < -0.39 is 5.82 Å². The molecule has 1 fully saturated rings. The molecule has 1 aliphatic rings. The van der Waals surface area contributed by atoms with Crippen molar-refractivity contribution >= 4 is 22.9 Å². The Labute approximate surface area is 196 Å². The van der Waals surface area contributed by atoms with Gasteiger partial charge in [-0.2, -0.15) is 0 Å². The van der Waals surface area contributed by atoms with Gasteiger partial charge in [-0.25, -0.2) is 9.37 Å². The largest absolute Gasteiger partial charge is 0.496 e. The number of hydrogen-bond donors (Lipinski definition) is 2. The molecule has 2 N–H and O–H groups in total. The number of anilines is 1. The summed E-state index contributed by atoms with van der Waals surface area (Å²) in [4.78, 5) is 22.2. The van der Waals surface area contributed by atoms with Crippen molar-refractivity contribution in [2.24, 2.45) is 0 Å². The van der Waals surface area contributed by atoms with Crippen LogP contribution < -0.4 is 10.1 Å². The van der Waals surface area contributed by atoms with Crippen LogP contribution in [0.4, 0.5) is 10.3 Å². The lowest BCUT2D eigenvalue weighted by Gasteiger charge is -2.28. The van der Waals surface area contributed by atoms with Crippen molar-refractivity contribution in [3.63, 3.8) is 0 Å². The minimum absolute atomic E-state index is 0.135. The zero-order valence-electron chi connectivity index (χ0n) is 18.7. The molecule has 0 spiro atoms. The van der Waals surface area contributed by atoms with Crippen molar-refractivity contribution in [3.05, 3.63) is 72.2 Å². The first-order valence-corrected chi connectivity index (χ1v) is 11.3. The summed E-state index contributed by atoms with van der Waals surface area (Å²) in [6, 6.07) is 15.3. The fourth-order valence-electron chi connectivity index (χ4n) is 4.59. The van der Waals surface area contributed by atoms with Crippen molar-refractivity contribution in [1.82, 2.24) is 14.5 Å². The summed E-state index contributed by atoms with van der Waals surface area (Å²) < 4.78 is 21.3. The number of pyridine rings is 1. The molecule has 2 aromatic heterocycles. The van der Waals surface area contributed by atoms with Crippen LogP contribution in [-0.4, -0.2) is 38.8 Å². The minimum Gasteiger partial charge on any atom is -0.496 e. The lowest BCUT2D eigenvalue weighted by Crippen LogP contribution is -2.23. The van der Waals surface area contributed by atoms with E-state index in [1.165, 1.54) is 31.5 Å². The van der Waals surface area contributed by atoms with Gasteiger partial charge in [0, 0.05) is 23.4 Å². The number of benzene rings is 2. The summed E-state index contributed by atoms with van der Waals surface area (Å²) in [6.07, 6.45) is 4.28. The first-order chi connectivity index (χ1) is 16.5. The number of nitrogens with one attached hydrogen (secondary N) is 1. The SMILES string of the molecule is COc1ccc(F)cc1-c1cc(C(=O)Nc2nc3ccccc3n2C2CCC(O)CC2)ccn1. The van der Waals surface area contributed by atoms with Crippen molar-refractivity contribution < 1.29 is 19.0 Å². The summed E-state index contributed by atoms with van der Waals surface area (Å²) in [5.74, 6) is 0.173. The first-order valence-electron chi connectivity index (χ1n) is 11.3. The molecule has 0 aliphatic heterocycles. The molecule has 1 amide bonds. The Morgan fingerprint density at radius 3 is 2.71 bits per heavy atom. The number of aromatic nitrogens is 3. The molecule has 0 bridgehead atoms. The summed E-state index contributed by atoms with van der Waals surface area (Å²) in [6.45, 7) is 0. The van der Waals surface area contributed by atoms with E-state index in [4.69, 9.17) is 4.74 Å². The van der Waals surface area contributed by atoms with Crippen LogP contribution in [0.1, 0.15) is 42.1 Å². The number of aliphatic hydroxyl groups excluding tert-OH is 1. The van der Waals surface area contributed by atoms with Gasteiger partial charge >= 0.3 is 0 Å². The molecule has 1 saturated carbocycles. The maximum absolute atomic E-state index is 13.9. The Balaban J connectivity index is 1.48. The third kappa shape index (κ3) is 4.24. The molecule has 8 heteroatoms. The number of carbonyl (C=O) groups excluding carboxylic acids is 1. The monoisotopic (exact) mass is 460 g/mol. The number of fused-ring (bicyclic) bond motifs is 1. The van der Waals surface area contributed by atoms with Gasteiger partial charge in [0.25, 0.3) is 5.91 Å². The number of imidazole rings is 1. The minimum atomic E-state index is -0.418. The first kappa shape index (κ1) is 22.0. The van der Waals surface area contributed by atoms with Gasteiger partial charge in [-0.15, -0.1) is 0 Å². The molecule has 0 radical (unpaired) electrons. The number of rotatable bonds is 5. The molecule has 2 aromatic carbocycles. The molecular formula is C26H25FN4O3. The number of hydrogen-bond acceptors (Lipinski definition) is 5. The van der Waals surface area contributed by atoms with E-state index >= 15 is 0 Å². The van der Waals surface area contributed by atoms with E-state index in [0.717, 1.165) is 23.9 Å². The topological polar surface area (TPSA) is 89.3 Å². The van der Waals surface area contributed by atoms with Crippen molar-refractivity contribution in [3.8, 4) is 17.0 Å². The molecule has 34 heavy (non-hydrogen) atoms.